The van der Waals surface area contributed by atoms with E-state index in [4.69, 9.17) is 9.47 Å². The summed E-state index contributed by atoms with van der Waals surface area (Å²) in [5.74, 6) is 1.50. The number of aliphatic hydroxyl groups excluding tert-OH is 1. The van der Waals surface area contributed by atoms with Gasteiger partial charge in [-0.05, 0) is 31.4 Å². The van der Waals surface area contributed by atoms with Crippen LogP contribution in [0.4, 0.5) is 5.69 Å². The van der Waals surface area contributed by atoms with Gasteiger partial charge in [0.1, 0.15) is 11.5 Å². The molecule has 4 nitrogen and oxygen atoms in total. The van der Waals surface area contributed by atoms with Crippen LogP contribution in [0.15, 0.2) is 18.2 Å². The first-order chi connectivity index (χ1) is 8.24. The number of aliphatic hydroxyl groups is 1. The molecule has 1 aliphatic carbocycles. The Balaban J connectivity index is 2.14. The Morgan fingerprint density at radius 1 is 1.24 bits per heavy atom. The highest BCUT2D eigenvalue weighted by atomic mass is 16.5. The molecule has 17 heavy (non-hydrogen) atoms. The molecule has 1 fully saturated rings. The second-order valence-electron chi connectivity index (χ2n) is 4.32. The summed E-state index contributed by atoms with van der Waals surface area (Å²) >= 11 is 0. The lowest BCUT2D eigenvalue weighted by molar-refractivity contribution is 0.171. The quantitative estimate of drug-likeness (QED) is 0.841. The normalized spacial score (nSPS) is 23.5. The van der Waals surface area contributed by atoms with E-state index in [9.17, 15) is 5.11 Å². The van der Waals surface area contributed by atoms with Crippen molar-refractivity contribution in [1.82, 2.24) is 0 Å². The Morgan fingerprint density at radius 3 is 2.65 bits per heavy atom. The topological polar surface area (TPSA) is 50.7 Å². The molecule has 1 aromatic rings. The number of rotatable bonds is 4. The Hall–Kier alpha value is -1.42. The van der Waals surface area contributed by atoms with E-state index in [1.807, 2.05) is 18.2 Å². The van der Waals surface area contributed by atoms with E-state index in [0.29, 0.717) is 0 Å². The zero-order valence-corrected chi connectivity index (χ0v) is 10.3. The Morgan fingerprint density at radius 2 is 2.06 bits per heavy atom. The minimum absolute atomic E-state index is 0.122. The number of methoxy groups -OCH3 is 2. The number of hydrogen-bond acceptors (Lipinski definition) is 4. The van der Waals surface area contributed by atoms with Gasteiger partial charge in [0, 0.05) is 6.07 Å². The molecule has 1 aliphatic rings. The van der Waals surface area contributed by atoms with Gasteiger partial charge in [-0.25, -0.2) is 0 Å². The average Bonchev–Trinajstić information content (AvgIpc) is 2.75. The Bertz CT molecular complexity index is 381. The van der Waals surface area contributed by atoms with Gasteiger partial charge in [-0.15, -0.1) is 0 Å². The molecular formula is C13H19NO3. The van der Waals surface area contributed by atoms with Gasteiger partial charge in [-0.1, -0.05) is 0 Å². The lowest BCUT2D eigenvalue weighted by Gasteiger charge is -2.20. The lowest BCUT2D eigenvalue weighted by atomic mass is 10.2. The third-order valence-corrected chi connectivity index (χ3v) is 3.23. The van der Waals surface area contributed by atoms with E-state index in [-0.39, 0.29) is 12.1 Å². The molecule has 2 atom stereocenters. The first-order valence-electron chi connectivity index (χ1n) is 5.91. The summed E-state index contributed by atoms with van der Waals surface area (Å²) in [5, 5.41) is 13.1. The first kappa shape index (κ1) is 12.0. The standard InChI is InChI=1S/C13H19NO3/c1-16-9-6-7-11(13(8-9)17-2)14-10-4-3-5-12(10)15/h6-8,10,12,14-15H,3-5H2,1-2H3/t10-,12-/m1/s1. The van der Waals surface area contributed by atoms with Crippen molar-refractivity contribution >= 4 is 5.69 Å². The predicted molar refractivity (Wildman–Crippen MR) is 66.8 cm³/mol. The molecule has 0 spiro atoms. The lowest BCUT2D eigenvalue weighted by Crippen LogP contribution is -2.28. The van der Waals surface area contributed by atoms with E-state index < -0.39 is 0 Å². The summed E-state index contributed by atoms with van der Waals surface area (Å²) in [4.78, 5) is 0. The SMILES string of the molecule is COc1ccc(N[C@@H]2CCC[C@H]2O)c(OC)c1. The van der Waals surface area contributed by atoms with Crippen LogP contribution in [0.1, 0.15) is 19.3 Å². The molecule has 0 heterocycles. The van der Waals surface area contributed by atoms with Gasteiger partial charge >= 0.3 is 0 Å². The molecule has 0 unspecified atom stereocenters. The highest BCUT2D eigenvalue weighted by Gasteiger charge is 2.25. The molecule has 94 valence electrons. The summed E-state index contributed by atoms with van der Waals surface area (Å²) in [5.41, 5.74) is 0.902. The Labute approximate surface area is 102 Å². The average molecular weight is 237 g/mol. The molecule has 0 saturated heterocycles. The molecule has 2 N–H and O–H groups in total. The minimum atomic E-state index is -0.262. The molecule has 1 saturated carbocycles. The van der Waals surface area contributed by atoms with Crippen molar-refractivity contribution < 1.29 is 14.6 Å². The summed E-state index contributed by atoms with van der Waals surface area (Å²) in [6.45, 7) is 0. The molecule has 0 amide bonds. The van der Waals surface area contributed by atoms with Crippen LogP contribution >= 0.6 is 0 Å². The molecule has 2 rings (SSSR count). The van der Waals surface area contributed by atoms with Crippen molar-refractivity contribution in [3.63, 3.8) is 0 Å². The van der Waals surface area contributed by atoms with Crippen molar-refractivity contribution in [3.05, 3.63) is 18.2 Å². The number of benzene rings is 1. The number of hydrogen-bond donors (Lipinski definition) is 2. The van der Waals surface area contributed by atoms with Gasteiger partial charge in [0.15, 0.2) is 0 Å². The van der Waals surface area contributed by atoms with E-state index in [2.05, 4.69) is 5.32 Å². The van der Waals surface area contributed by atoms with Crippen LogP contribution in [0.5, 0.6) is 11.5 Å². The van der Waals surface area contributed by atoms with E-state index in [1.54, 1.807) is 14.2 Å². The van der Waals surface area contributed by atoms with E-state index >= 15 is 0 Å². The molecule has 0 aromatic heterocycles. The molecule has 4 heteroatoms. The summed E-state index contributed by atoms with van der Waals surface area (Å²) in [7, 11) is 3.26. The van der Waals surface area contributed by atoms with Gasteiger partial charge < -0.3 is 19.9 Å². The smallest absolute Gasteiger partial charge is 0.145 e. The van der Waals surface area contributed by atoms with Crippen LogP contribution in [0.25, 0.3) is 0 Å². The van der Waals surface area contributed by atoms with Crippen molar-refractivity contribution in [3.8, 4) is 11.5 Å². The van der Waals surface area contributed by atoms with E-state index in [1.165, 1.54) is 0 Å². The third-order valence-electron chi connectivity index (χ3n) is 3.23. The molecule has 0 radical (unpaired) electrons. The van der Waals surface area contributed by atoms with Crippen LogP contribution < -0.4 is 14.8 Å². The van der Waals surface area contributed by atoms with Crippen molar-refractivity contribution in [2.45, 2.75) is 31.4 Å². The maximum absolute atomic E-state index is 9.79. The van der Waals surface area contributed by atoms with Gasteiger partial charge in [0.25, 0.3) is 0 Å². The van der Waals surface area contributed by atoms with E-state index in [0.717, 1.165) is 36.4 Å². The van der Waals surface area contributed by atoms with Crippen molar-refractivity contribution in [1.29, 1.82) is 0 Å². The second kappa shape index (κ2) is 5.27. The predicted octanol–water partition coefficient (Wildman–Crippen LogP) is 2.03. The molecule has 0 bridgehead atoms. The minimum Gasteiger partial charge on any atom is -0.497 e. The Kier molecular flexibility index (Phi) is 3.74. The third kappa shape index (κ3) is 2.64. The van der Waals surface area contributed by atoms with Crippen LogP contribution in [0, 0.1) is 0 Å². The van der Waals surface area contributed by atoms with Crippen LogP contribution in [-0.4, -0.2) is 31.5 Å². The maximum Gasteiger partial charge on any atom is 0.145 e. The summed E-state index contributed by atoms with van der Waals surface area (Å²) in [6.07, 6.45) is 2.67. The second-order valence-corrected chi connectivity index (χ2v) is 4.32. The first-order valence-corrected chi connectivity index (χ1v) is 5.91. The van der Waals surface area contributed by atoms with Gasteiger partial charge in [0.2, 0.25) is 0 Å². The fourth-order valence-electron chi connectivity index (χ4n) is 2.23. The largest absolute Gasteiger partial charge is 0.497 e. The summed E-state index contributed by atoms with van der Waals surface area (Å²) in [6, 6.07) is 5.76. The van der Waals surface area contributed by atoms with Crippen molar-refractivity contribution in [2.24, 2.45) is 0 Å². The van der Waals surface area contributed by atoms with Gasteiger partial charge in [-0.2, -0.15) is 0 Å². The number of anilines is 1. The van der Waals surface area contributed by atoms with Crippen molar-refractivity contribution in [2.75, 3.05) is 19.5 Å². The summed E-state index contributed by atoms with van der Waals surface area (Å²) < 4.78 is 10.5. The fourth-order valence-corrected chi connectivity index (χ4v) is 2.23. The van der Waals surface area contributed by atoms with Crippen LogP contribution in [0.3, 0.4) is 0 Å². The maximum atomic E-state index is 9.79. The highest BCUT2D eigenvalue weighted by molar-refractivity contribution is 5.59. The monoisotopic (exact) mass is 237 g/mol. The number of ether oxygens (including phenoxy) is 2. The molecule has 1 aromatic carbocycles. The van der Waals surface area contributed by atoms with Crippen LogP contribution in [0.2, 0.25) is 0 Å². The molecular weight excluding hydrogens is 218 g/mol. The zero-order chi connectivity index (χ0) is 12.3. The van der Waals surface area contributed by atoms with Crippen LogP contribution in [-0.2, 0) is 0 Å². The highest BCUT2D eigenvalue weighted by Crippen LogP contribution is 2.32. The fraction of sp³-hybridized carbons (Fsp3) is 0.538. The van der Waals surface area contributed by atoms with Gasteiger partial charge in [-0.3, -0.25) is 0 Å². The zero-order valence-electron chi connectivity index (χ0n) is 10.3. The number of nitrogens with one attached hydrogen (secondary N) is 1. The van der Waals surface area contributed by atoms with Gasteiger partial charge in [0.05, 0.1) is 32.1 Å². The molecule has 0 aliphatic heterocycles.